The molecular weight excluding hydrogens is 287 g/mol. The van der Waals surface area contributed by atoms with E-state index in [-0.39, 0.29) is 0 Å². The topological polar surface area (TPSA) is 66.8 Å². The van der Waals surface area contributed by atoms with Crippen molar-refractivity contribution in [2.24, 2.45) is 0 Å². The van der Waals surface area contributed by atoms with Crippen LogP contribution in [0.4, 0.5) is 0 Å². The largest absolute Gasteiger partial charge is 0.524 e. The van der Waals surface area contributed by atoms with Crippen molar-refractivity contribution < 1.29 is 18.9 Å². The molecule has 0 spiro atoms. The Labute approximate surface area is 127 Å². The molecule has 5 heteroatoms. The normalized spacial score (nSPS) is 13.1. The van der Waals surface area contributed by atoms with Gasteiger partial charge in [-0.15, -0.1) is 0 Å². The van der Waals surface area contributed by atoms with Gasteiger partial charge in [-0.05, 0) is 30.4 Å². The lowest BCUT2D eigenvalue weighted by atomic mass is 9.89. The number of rotatable bonds is 10. The Morgan fingerprint density at radius 3 is 2.38 bits per heavy atom. The summed E-state index contributed by atoms with van der Waals surface area (Å²) < 4.78 is 16.0. The van der Waals surface area contributed by atoms with Crippen molar-refractivity contribution in [2.75, 3.05) is 0 Å². The van der Waals surface area contributed by atoms with E-state index in [1.165, 1.54) is 19.3 Å². The molecule has 2 N–H and O–H groups in total. The fourth-order valence-electron chi connectivity index (χ4n) is 2.65. The number of benzene rings is 1. The van der Waals surface area contributed by atoms with E-state index < -0.39 is 7.82 Å². The van der Waals surface area contributed by atoms with Gasteiger partial charge in [0, 0.05) is 0 Å². The summed E-state index contributed by atoms with van der Waals surface area (Å²) in [6.07, 6.45) is 7.88. The van der Waals surface area contributed by atoms with Crippen molar-refractivity contribution in [1.29, 1.82) is 0 Å². The van der Waals surface area contributed by atoms with Crippen molar-refractivity contribution in [3.8, 4) is 5.75 Å². The van der Waals surface area contributed by atoms with E-state index in [1.54, 1.807) is 12.1 Å². The Morgan fingerprint density at radius 2 is 1.76 bits per heavy atom. The first-order valence-corrected chi connectivity index (χ1v) is 9.35. The van der Waals surface area contributed by atoms with Crippen LogP contribution in [-0.4, -0.2) is 9.79 Å². The van der Waals surface area contributed by atoms with Crippen molar-refractivity contribution >= 4 is 7.82 Å². The molecule has 1 aromatic carbocycles. The molecule has 0 radical (unpaired) electrons. The maximum Gasteiger partial charge on any atom is 0.524 e. The fourth-order valence-corrected chi connectivity index (χ4v) is 3.07. The quantitative estimate of drug-likeness (QED) is 0.470. The highest BCUT2D eigenvalue weighted by Crippen LogP contribution is 2.42. The van der Waals surface area contributed by atoms with E-state index in [0.717, 1.165) is 31.2 Å². The molecule has 0 heterocycles. The highest BCUT2D eigenvalue weighted by molar-refractivity contribution is 7.46. The minimum Gasteiger partial charge on any atom is -0.404 e. The van der Waals surface area contributed by atoms with Crippen LogP contribution >= 0.6 is 7.82 Å². The third-order valence-electron chi connectivity index (χ3n) is 3.62. The third-order valence-corrected chi connectivity index (χ3v) is 4.05. The zero-order valence-electron chi connectivity index (χ0n) is 13.0. The van der Waals surface area contributed by atoms with Gasteiger partial charge in [0.2, 0.25) is 0 Å². The second-order valence-corrected chi connectivity index (χ2v) is 6.62. The van der Waals surface area contributed by atoms with E-state index in [4.69, 9.17) is 14.3 Å². The minimum atomic E-state index is -4.51. The molecular formula is C16H27O4P. The lowest BCUT2D eigenvalue weighted by molar-refractivity contribution is 0.281. The summed E-state index contributed by atoms with van der Waals surface area (Å²) in [6, 6.07) is 7.21. The fraction of sp³-hybridized carbons (Fsp3) is 0.625. The van der Waals surface area contributed by atoms with Crippen LogP contribution in [0.2, 0.25) is 0 Å². The van der Waals surface area contributed by atoms with Gasteiger partial charge in [-0.2, -0.15) is 0 Å². The first-order chi connectivity index (χ1) is 9.98. The molecule has 4 nitrogen and oxygen atoms in total. The van der Waals surface area contributed by atoms with Gasteiger partial charge in [-0.3, -0.25) is 9.79 Å². The SMILES string of the molecule is CCCCCCC(CCC)c1ccccc1OP(=O)(O)O. The summed E-state index contributed by atoms with van der Waals surface area (Å²) in [5.41, 5.74) is 0.916. The van der Waals surface area contributed by atoms with Crippen LogP contribution in [0.1, 0.15) is 70.3 Å². The molecule has 1 aromatic rings. The summed E-state index contributed by atoms with van der Waals surface area (Å²) in [4.78, 5) is 18.1. The van der Waals surface area contributed by atoms with E-state index in [1.807, 2.05) is 12.1 Å². The van der Waals surface area contributed by atoms with Crippen LogP contribution in [0.3, 0.4) is 0 Å². The molecule has 0 aromatic heterocycles. The number of unbranched alkanes of at least 4 members (excludes halogenated alkanes) is 3. The zero-order chi connectivity index (χ0) is 15.7. The standard InChI is InChI=1S/C16H27O4P/c1-3-5-6-7-11-14(10-4-2)15-12-8-9-13-16(15)20-21(17,18)19/h8-9,12-14H,3-7,10-11H2,1-2H3,(H2,17,18,19). The first kappa shape index (κ1) is 18.2. The molecule has 0 aliphatic heterocycles. The molecule has 0 aliphatic carbocycles. The maximum absolute atomic E-state index is 11.1. The summed E-state index contributed by atoms with van der Waals surface area (Å²) in [5.74, 6) is 0.620. The van der Waals surface area contributed by atoms with Crippen molar-refractivity contribution in [1.82, 2.24) is 0 Å². The van der Waals surface area contributed by atoms with Crippen molar-refractivity contribution in [3.63, 3.8) is 0 Å². The van der Waals surface area contributed by atoms with Gasteiger partial charge >= 0.3 is 7.82 Å². The molecule has 0 fully saturated rings. The highest BCUT2D eigenvalue weighted by atomic mass is 31.2. The molecule has 0 saturated carbocycles. The molecule has 1 atom stereocenters. The van der Waals surface area contributed by atoms with Gasteiger partial charge in [0.05, 0.1) is 0 Å². The third kappa shape index (κ3) is 7.12. The zero-order valence-corrected chi connectivity index (χ0v) is 13.9. The van der Waals surface area contributed by atoms with Gasteiger partial charge < -0.3 is 4.52 Å². The predicted molar refractivity (Wildman–Crippen MR) is 85.5 cm³/mol. The van der Waals surface area contributed by atoms with E-state index in [0.29, 0.717) is 11.7 Å². The second kappa shape index (κ2) is 9.24. The lowest BCUT2D eigenvalue weighted by Crippen LogP contribution is -2.03. The van der Waals surface area contributed by atoms with Crippen LogP contribution in [0, 0.1) is 0 Å². The Bertz CT molecular complexity index is 455. The molecule has 0 aliphatic rings. The number of phosphoric acid groups is 1. The molecule has 0 saturated heterocycles. The number of hydrogen-bond donors (Lipinski definition) is 2. The predicted octanol–water partition coefficient (Wildman–Crippen LogP) is 5.01. The second-order valence-electron chi connectivity index (χ2n) is 5.45. The molecule has 0 bridgehead atoms. The lowest BCUT2D eigenvalue weighted by Gasteiger charge is -2.20. The summed E-state index contributed by atoms with van der Waals surface area (Å²) >= 11 is 0. The smallest absolute Gasteiger partial charge is 0.404 e. The monoisotopic (exact) mass is 314 g/mol. The Balaban J connectivity index is 2.83. The number of phosphoric ester groups is 1. The molecule has 120 valence electrons. The molecule has 21 heavy (non-hydrogen) atoms. The molecule has 0 amide bonds. The van der Waals surface area contributed by atoms with Crippen LogP contribution in [-0.2, 0) is 4.57 Å². The van der Waals surface area contributed by atoms with Gasteiger partial charge in [0.15, 0.2) is 0 Å². The molecule has 1 rings (SSSR count). The van der Waals surface area contributed by atoms with Crippen LogP contribution in [0.25, 0.3) is 0 Å². The number of para-hydroxylation sites is 1. The van der Waals surface area contributed by atoms with Crippen molar-refractivity contribution in [2.45, 2.75) is 64.7 Å². The van der Waals surface area contributed by atoms with Gasteiger partial charge in [0.25, 0.3) is 0 Å². The minimum absolute atomic E-state index is 0.301. The Morgan fingerprint density at radius 1 is 1.05 bits per heavy atom. The van der Waals surface area contributed by atoms with Crippen molar-refractivity contribution in [3.05, 3.63) is 29.8 Å². The Kier molecular flexibility index (Phi) is 8.02. The van der Waals surface area contributed by atoms with Crippen LogP contribution in [0.15, 0.2) is 24.3 Å². The average Bonchev–Trinajstić information content (AvgIpc) is 2.41. The number of hydrogen-bond acceptors (Lipinski definition) is 2. The summed E-state index contributed by atoms with van der Waals surface area (Å²) in [7, 11) is -4.51. The van der Waals surface area contributed by atoms with E-state index in [2.05, 4.69) is 13.8 Å². The van der Waals surface area contributed by atoms with E-state index >= 15 is 0 Å². The van der Waals surface area contributed by atoms with E-state index in [9.17, 15) is 4.57 Å². The first-order valence-electron chi connectivity index (χ1n) is 7.82. The average molecular weight is 314 g/mol. The molecule has 1 unspecified atom stereocenters. The van der Waals surface area contributed by atoms with Gasteiger partial charge in [-0.25, -0.2) is 4.57 Å². The maximum atomic E-state index is 11.1. The summed E-state index contributed by atoms with van der Waals surface area (Å²) in [5, 5.41) is 0. The van der Waals surface area contributed by atoms with Crippen LogP contribution < -0.4 is 4.52 Å². The van der Waals surface area contributed by atoms with Crippen LogP contribution in [0.5, 0.6) is 5.75 Å². The van der Waals surface area contributed by atoms with Gasteiger partial charge in [0.1, 0.15) is 5.75 Å². The highest BCUT2D eigenvalue weighted by Gasteiger charge is 2.21. The Hall–Kier alpha value is -0.830. The summed E-state index contributed by atoms with van der Waals surface area (Å²) in [6.45, 7) is 4.32. The van der Waals surface area contributed by atoms with Gasteiger partial charge in [-0.1, -0.05) is 64.2 Å².